The lowest BCUT2D eigenvalue weighted by Gasteiger charge is -2.11. The smallest absolute Gasteiger partial charge is 0.156 e. The standard InChI is InChI=1S/C11H15OS/c1-3-9-13(12)11-8-6-5-7-10(11)4-2/h4-8H,3,9H2,1-2H3. The summed E-state index contributed by atoms with van der Waals surface area (Å²) in [4.78, 5) is 0.965. The van der Waals surface area contributed by atoms with Crippen molar-refractivity contribution in [2.45, 2.75) is 25.2 Å². The largest absolute Gasteiger partial charge is 0.611 e. The second-order valence-electron chi connectivity index (χ2n) is 2.88. The van der Waals surface area contributed by atoms with Gasteiger partial charge in [-0.2, -0.15) is 0 Å². The van der Waals surface area contributed by atoms with Crippen LogP contribution in [0.4, 0.5) is 0 Å². The van der Waals surface area contributed by atoms with Gasteiger partial charge in [0.25, 0.3) is 0 Å². The first-order valence-corrected chi connectivity index (χ1v) is 5.88. The maximum atomic E-state index is 11.7. The summed E-state index contributed by atoms with van der Waals surface area (Å²) in [5, 5.41) is 0. The molecule has 1 unspecified atom stereocenters. The van der Waals surface area contributed by atoms with Crippen molar-refractivity contribution in [1.82, 2.24) is 0 Å². The minimum Gasteiger partial charge on any atom is -0.611 e. The summed E-state index contributed by atoms with van der Waals surface area (Å²) in [6.45, 7) is 4.03. The van der Waals surface area contributed by atoms with E-state index in [1.54, 1.807) is 0 Å². The first kappa shape index (κ1) is 10.6. The van der Waals surface area contributed by atoms with E-state index < -0.39 is 11.2 Å². The fraction of sp³-hybridized carbons (Fsp3) is 0.364. The van der Waals surface area contributed by atoms with Crippen molar-refractivity contribution in [2.24, 2.45) is 0 Å². The maximum Gasteiger partial charge on any atom is 0.156 e. The van der Waals surface area contributed by atoms with Crippen LogP contribution in [0.3, 0.4) is 0 Å². The molecule has 0 saturated carbocycles. The Morgan fingerprint density at radius 3 is 2.69 bits per heavy atom. The third-order valence-electron chi connectivity index (χ3n) is 1.86. The molecule has 0 heterocycles. The Labute approximate surface area is 83.4 Å². The van der Waals surface area contributed by atoms with Crippen LogP contribution in [0.15, 0.2) is 29.2 Å². The zero-order valence-corrected chi connectivity index (χ0v) is 8.93. The molecule has 0 fully saturated rings. The molecule has 1 atom stereocenters. The van der Waals surface area contributed by atoms with Gasteiger partial charge in [0.15, 0.2) is 4.90 Å². The normalized spacial score (nSPS) is 12.8. The van der Waals surface area contributed by atoms with Gasteiger partial charge in [-0.3, -0.25) is 0 Å². The van der Waals surface area contributed by atoms with Gasteiger partial charge < -0.3 is 4.55 Å². The number of hydrogen-bond acceptors (Lipinski definition) is 1. The Morgan fingerprint density at radius 1 is 1.38 bits per heavy atom. The summed E-state index contributed by atoms with van der Waals surface area (Å²) in [6.07, 6.45) is 2.97. The molecule has 0 aliphatic carbocycles. The molecule has 0 aliphatic rings. The van der Waals surface area contributed by atoms with Gasteiger partial charge in [-0.1, -0.05) is 32.0 Å². The van der Waals surface area contributed by atoms with E-state index in [4.69, 9.17) is 0 Å². The van der Waals surface area contributed by atoms with Crippen LogP contribution in [0.2, 0.25) is 0 Å². The zero-order valence-electron chi connectivity index (χ0n) is 8.12. The van der Waals surface area contributed by atoms with Crippen LogP contribution in [-0.2, 0) is 11.2 Å². The SMILES string of the molecule is C[CH]c1ccccc1[S+]([O-])CCC. The Kier molecular flexibility index (Phi) is 4.33. The molecule has 0 saturated heterocycles. The molecule has 0 amide bonds. The van der Waals surface area contributed by atoms with Gasteiger partial charge in [0.1, 0.15) is 5.75 Å². The van der Waals surface area contributed by atoms with Crippen LogP contribution in [0.5, 0.6) is 0 Å². The Hall–Kier alpha value is -0.470. The fourth-order valence-corrected chi connectivity index (χ4v) is 2.49. The van der Waals surface area contributed by atoms with Crippen molar-refractivity contribution in [2.75, 3.05) is 5.75 Å². The predicted molar refractivity (Wildman–Crippen MR) is 57.1 cm³/mol. The zero-order chi connectivity index (χ0) is 9.68. The van der Waals surface area contributed by atoms with Crippen molar-refractivity contribution < 1.29 is 4.55 Å². The Morgan fingerprint density at radius 2 is 2.08 bits per heavy atom. The second-order valence-corrected chi connectivity index (χ2v) is 4.42. The molecule has 13 heavy (non-hydrogen) atoms. The van der Waals surface area contributed by atoms with Crippen LogP contribution in [0.1, 0.15) is 25.8 Å². The first-order valence-electron chi connectivity index (χ1n) is 4.56. The highest BCUT2D eigenvalue weighted by molar-refractivity contribution is 7.91. The van der Waals surface area contributed by atoms with Crippen molar-refractivity contribution in [1.29, 1.82) is 0 Å². The molecule has 71 valence electrons. The highest BCUT2D eigenvalue weighted by Crippen LogP contribution is 2.18. The van der Waals surface area contributed by atoms with Crippen LogP contribution in [-0.4, -0.2) is 10.3 Å². The molecule has 0 bridgehead atoms. The average molecular weight is 195 g/mol. The van der Waals surface area contributed by atoms with E-state index in [2.05, 4.69) is 6.92 Å². The Bertz CT molecular complexity index is 260. The van der Waals surface area contributed by atoms with Gasteiger partial charge >= 0.3 is 0 Å². The number of hydrogen-bond donors (Lipinski definition) is 0. The quantitative estimate of drug-likeness (QED) is 0.677. The lowest BCUT2D eigenvalue weighted by Crippen LogP contribution is -2.08. The molecule has 0 spiro atoms. The van der Waals surface area contributed by atoms with E-state index in [1.807, 2.05) is 37.6 Å². The molecule has 1 nitrogen and oxygen atoms in total. The molecule has 0 N–H and O–H groups in total. The number of benzene rings is 1. The van der Waals surface area contributed by atoms with Gasteiger partial charge in [-0.15, -0.1) is 0 Å². The van der Waals surface area contributed by atoms with E-state index in [1.165, 1.54) is 0 Å². The molecular formula is C11H15OS. The molecule has 1 aromatic rings. The number of rotatable bonds is 4. The third kappa shape index (κ3) is 2.75. The van der Waals surface area contributed by atoms with Gasteiger partial charge in [-0.05, 0) is 30.1 Å². The minimum absolute atomic E-state index is 0.755. The van der Waals surface area contributed by atoms with Gasteiger partial charge in [0.2, 0.25) is 0 Å². The first-order chi connectivity index (χ1) is 6.29. The average Bonchev–Trinajstić information content (AvgIpc) is 2.18. The summed E-state index contributed by atoms with van der Waals surface area (Å²) in [6, 6.07) is 7.86. The van der Waals surface area contributed by atoms with Crippen LogP contribution < -0.4 is 0 Å². The summed E-state index contributed by atoms with van der Waals surface area (Å²) in [7, 11) is 0. The van der Waals surface area contributed by atoms with Gasteiger partial charge in [0.05, 0.1) is 0 Å². The summed E-state index contributed by atoms with van der Waals surface area (Å²) >= 11 is -0.826. The van der Waals surface area contributed by atoms with E-state index in [0.29, 0.717) is 0 Å². The molecule has 0 aromatic heterocycles. The van der Waals surface area contributed by atoms with Crippen molar-refractivity contribution >= 4 is 11.2 Å². The molecule has 1 radical (unpaired) electrons. The summed E-state index contributed by atoms with van der Waals surface area (Å²) in [5.74, 6) is 0.755. The highest BCUT2D eigenvalue weighted by atomic mass is 32.2. The molecule has 1 aromatic carbocycles. The maximum absolute atomic E-state index is 11.7. The van der Waals surface area contributed by atoms with E-state index in [9.17, 15) is 4.55 Å². The van der Waals surface area contributed by atoms with E-state index >= 15 is 0 Å². The van der Waals surface area contributed by atoms with Crippen molar-refractivity contribution in [3.05, 3.63) is 36.2 Å². The van der Waals surface area contributed by atoms with Crippen LogP contribution in [0.25, 0.3) is 0 Å². The van der Waals surface area contributed by atoms with E-state index in [0.717, 1.165) is 22.6 Å². The summed E-state index contributed by atoms with van der Waals surface area (Å²) in [5.41, 5.74) is 1.09. The minimum atomic E-state index is -0.826. The van der Waals surface area contributed by atoms with E-state index in [-0.39, 0.29) is 0 Å². The van der Waals surface area contributed by atoms with Crippen molar-refractivity contribution in [3.8, 4) is 0 Å². The van der Waals surface area contributed by atoms with Gasteiger partial charge in [-0.25, -0.2) is 0 Å². The fourth-order valence-electron chi connectivity index (χ4n) is 1.22. The summed E-state index contributed by atoms with van der Waals surface area (Å²) < 4.78 is 11.7. The molecular weight excluding hydrogens is 180 g/mol. The second kappa shape index (κ2) is 5.30. The lowest BCUT2D eigenvalue weighted by molar-refractivity contribution is 0.593. The topological polar surface area (TPSA) is 23.1 Å². The highest BCUT2D eigenvalue weighted by Gasteiger charge is 2.12. The molecule has 0 aliphatic heterocycles. The molecule has 2 heteroatoms. The molecule has 1 rings (SSSR count). The monoisotopic (exact) mass is 195 g/mol. The predicted octanol–water partition coefficient (Wildman–Crippen LogP) is 2.78. The van der Waals surface area contributed by atoms with Crippen LogP contribution >= 0.6 is 0 Å². The lowest BCUT2D eigenvalue weighted by atomic mass is 10.2. The van der Waals surface area contributed by atoms with Gasteiger partial charge in [0, 0.05) is 5.56 Å². The van der Waals surface area contributed by atoms with Crippen molar-refractivity contribution in [3.63, 3.8) is 0 Å². The Balaban J connectivity index is 2.85. The van der Waals surface area contributed by atoms with Crippen LogP contribution in [0, 0.1) is 6.42 Å². The third-order valence-corrected chi connectivity index (χ3v) is 3.51.